The largest absolute Gasteiger partial charge is 0.455 e. The lowest BCUT2D eigenvalue weighted by Crippen LogP contribution is -2.02. The third-order valence-corrected chi connectivity index (χ3v) is 10.7. The van der Waals surface area contributed by atoms with E-state index in [-0.39, 0.29) is 0 Å². The molecular weight excluding hydrogens is 599 g/mol. The number of rotatable bonds is 3. The van der Waals surface area contributed by atoms with Gasteiger partial charge in [0, 0.05) is 16.2 Å². The van der Waals surface area contributed by atoms with Crippen LogP contribution in [0.15, 0.2) is 141 Å². The number of pyridine rings is 1. The predicted molar refractivity (Wildman–Crippen MR) is 203 cm³/mol. The van der Waals surface area contributed by atoms with Gasteiger partial charge in [0.2, 0.25) is 5.71 Å². The highest BCUT2D eigenvalue weighted by Crippen LogP contribution is 2.46. The fourth-order valence-corrected chi connectivity index (χ4v) is 8.41. The van der Waals surface area contributed by atoms with Crippen LogP contribution < -0.4 is 0 Å². The average Bonchev–Trinajstić information content (AvgIpc) is 3.88. The summed E-state index contributed by atoms with van der Waals surface area (Å²) in [6.45, 7) is 0. The third-order valence-electron chi connectivity index (χ3n) is 10.7. The molecule has 230 valence electrons. The molecule has 5 aromatic carbocycles. The van der Waals surface area contributed by atoms with Gasteiger partial charge in [-0.25, -0.2) is 4.98 Å². The maximum atomic E-state index is 6.42. The van der Waals surface area contributed by atoms with Gasteiger partial charge in [-0.15, -0.1) is 5.73 Å². The minimum Gasteiger partial charge on any atom is -0.455 e. The van der Waals surface area contributed by atoms with Gasteiger partial charge in [0.1, 0.15) is 16.7 Å². The second-order valence-electron chi connectivity index (χ2n) is 13.4. The first-order valence-corrected chi connectivity index (χ1v) is 17.1. The molecule has 0 N–H and O–H groups in total. The lowest BCUT2D eigenvalue weighted by Gasteiger charge is -2.23. The molecule has 0 bridgehead atoms. The molecule has 3 aliphatic carbocycles. The van der Waals surface area contributed by atoms with Gasteiger partial charge in [-0.2, -0.15) is 0 Å². The van der Waals surface area contributed by atoms with Gasteiger partial charge >= 0.3 is 0 Å². The summed E-state index contributed by atoms with van der Waals surface area (Å²) in [7, 11) is 0. The zero-order chi connectivity index (χ0) is 32.1. The molecule has 49 heavy (non-hydrogen) atoms. The first kappa shape index (κ1) is 26.9. The standard InChI is InChI=1S/C46H29NO2/c1-2-9-27(10-3-1)28-17-19-29(20-18-28)42-33-12-4-5-13-34(33)43(36-15-8-14-35(36)42)30-21-23-39-31(25-30)26-38-44-41(49-46(38)47-39)24-22-37-32-11-6-7-16-40(32)48-45(37)44/h1-2,4-7,9,11-17,19,21-26H,3,10,18,20H2. The number of para-hydroxylation sites is 1. The lowest BCUT2D eigenvalue weighted by molar-refractivity contribution is 0.653. The SMILES string of the molecule is C1=Cc2c(c(-c3ccc4nc5oc6ccc7c8ccccc8oc7c6c5cc4c3)c3ccccc3c2C2=CC=C(C3=CC=CCC3)CC2)C=1. The summed E-state index contributed by atoms with van der Waals surface area (Å²) in [5, 5.41) is 7.74. The Labute approximate surface area is 282 Å². The van der Waals surface area contributed by atoms with Gasteiger partial charge in [0.25, 0.3) is 0 Å². The molecular formula is C46H29NO2. The van der Waals surface area contributed by atoms with E-state index in [2.05, 4.69) is 115 Å². The summed E-state index contributed by atoms with van der Waals surface area (Å²) in [4.78, 5) is 5.01. The molecule has 3 heteroatoms. The van der Waals surface area contributed by atoms with Crippen LogP contribution in [0.3, 0.4) is 0 Å². The van der Waals surface area contributed by atoms with Crippen LogP contribution in [0.25, 0.3) is 94.5 Å². The van der Waals surface area contributed by atoms with E-state index in [1.54, 1.807) is 0 Å². The maximum Gasteiger partial charge on any atom is 0.228 e. The van der Waals surface area contributed by atoms with Gasteiger partial charge in [-0.1, -0.05) is 78.9 Å². The summed E-state index contributed by atoms with van der Waals surface area (Å²) >= 11 is 0. The highest BCUT2D eigenvalue weighted by atomic mass is 16.3. The number of furan rings is 2. The van der Waals surface area contributed by atoms with Gasteiger partial charge in [0.15, 0.2) is 0 Å². The molecule has 0 amide bonds. The Morgan fingerprint density at radius 3 is 2.20 bits per heavy atom. The van der Waals surface area contributed by atoms with Crippen LogP contribution in [0.4, 0.5) is 0 Å². The van der Waals surface area contributed by atoms with Crippen LogP contribution >= 0.6 is 0 Å². The monoisotopic (exact) mass is 627 g/mol. The van der Waals surface area contributed by atoms with Crippen molar-refractivity contribution in [1.82, 2.24) is 4.98 Å². The van der Waals surface area contributed by atoms with E-state index in [1.165, 1.54) is 55.3 Å². The average molecular weight is 628 g/mol. The number of aromatic nitrogens is 1. The van der Waals surface area contributed by atoms with E-state index >= 15 is 0 Å². The van der Waals surface area contributed by atoms with Crippen LogP contribution in [-0.2, 0) is 0 Å². The number of allylic oxidation sites excluding steroid dienone is 8. The molecule has 11 rings (SSSR count). The molecule has 0 fully saturated rings. The van der Waals surface area contributed by atoms with Gasteiger partial charge in [-0.05, 0) is 130 Å². The van der Waals surface area contributed by atoms with Crippen molar-refractivity contribution in [3.8, 4) is 11.1 Å². The Hall–Kier alpha value is -6.15. The molecule has 0 unspecified atom stereocenters. The first-order chi connectivity index (χ1) is 24.3. The van der Waals surface area contributed by atoms with Crippen molar-refractivity contribution in [2.45, 2.75) is 25.7 Å². The fraction of sp³-hybridized carbons (Fsp3) is 0.0870. The van der Waals surface area contributed by atoms with Crippen molar-refractivity contribution < 1.29 is 8.83 Å². The van der Waals surface area contributed by atoms with Crippen molar-refractivity contribution in [2.75, 3.05) is 0 Å². The molecule has 0 radical (unpaired) electrons. The van der Waals surface area contributed by atoms with Crippen LogP contribution in [0, 0.1) is 0 Å². The number of hydrogen-bond acceptors (Lipinski definition) is 3. The van der Waals surface area contributed by atoms with E-state index < -0.39 is 0 Å². The minimum atomic E-state index is 0.625. The van der Waals surface area contributed by atoms with Crippen molar-refractivity contribution >= 4 is 83.4 Å². The Morgan fingerprint density at radius 1 is 0.592 bits per heavy atom. The summed E-state index contributed by atoms with van der Waals surface area (Å²) < 4.78 is 12.7. The normalized spacial score (nSPS) is 15.6. The van der Waals surface area contributed by atoms with Gasteiger partial charge in [-0.3, -0.25) is 0 Å². The molecule has 3 heterocycles. The summed E-state index contributed by atoms with van der Waals surface area (Å²) in [6.07, 6.45) is 20.2. The zero-order valence-electron chi connectivity index (χ0n) is 26.7. The molecule has 3 aromatic heterocycles. The molecule has 0 aliphatic heterocycles. The van der Waals surface area contributed by atoms with E-state index in [0.717, 1.165) is 74.9 Å². The number of fused-ring (bicyclic) bond motifs is 10. The smallest absolute Gasteiger partial charge is 0.228 e. The van der Waals surface area contributed by atoms with E-state index in [0.29, 0.717) is 5.71 Å². The van der Waals surface area contributed by atoms with E-state index in [9.17, 15) is 0 Å². The molecule has 0 saturated carbocycles. The van der Waals surface area contributed by atoms with E-state index in [1.807, 2.05) is 18.2 Å². The Balaban J connectivity index is 1.10. The summed E-state index contributed by atoms with van der Waals surface area (Å²) in [5.41, 5.74) is 18.1. The Kier molecular flexibility index (Phi) is 5.58. The van der Waals surface area contributed by atoms with Crippen molar-refractivity contribution in [3.05, 3.63) is 149 Å². The van der Waals surface area contributed by atoms with Crippen molar-refractivity contribution in [2.24, 2.45) is 0 Å². The highest BCUT2D eigenvalue weighted by Gasteiger charge is 2.24. The molecule has 0 saturated heterocycles. The lowest BCUT2D eigenvalue weighted by atomic mass is 9.81. The highest BCUT2D eigenvalue weighted by molar-refractivity contribution is 6.22. The molecule has 3 aliphatic rings. The maximum absolute atomic E-state index is 6.42. The Bertz CT molecular complexity index is 2970. The number of nitrogens with zero attached hydrogens (tertiary/aromatic N) is 1. The van der Waals surface area contributed by atoms with Crippen LogP contribution in [0.2, 0.25) is 0 Å². The number of hydrogen-bond donors (Lipinski definition) is 0. The van der Waals surface area contributed by atoms with Gasteiger partial charge in [0.05, 0.1) is 16.3 Å². The first-order valence-electron chi connectivity index (χ1n) is 17.1. The van der Waals surface area contributed by atoms with E-state index in [4.69, 9.17) is 13.8 Å². The Morgan fingerprint density at radius 2 is 1.37 bits per heavy atom. The topological polar surface area (TPSA) is 39.2 Å². The molecule has 3 nitrogen and oxygen atoms in total. The minimum absolute atomic E-state index is 0.625. The molecule has 0 atom stereocenters. The second kappa shape index (κ2) is 10.2. The summed E-state index contributed by atoms with van der Waals surface area (Å²) in [5.74, 6) is 0. The fourth-order valence-electron chi connectivity index (χ4n) is 8.41. The van der Waals surface area contributed by atoms with Crippen molar-refractivity contribution in [1.29, 1.82) is 0 Å². The van der Waals surface area contributed by atoms with Crippen molar-refractivity contribution in [3.63, 3.8) is 0 Å². The number of benzene rings is 5. The third kappa shape index (κ3) is 3.94. The predicted octanol–water partition coefficient (Wildman–Crippen LogP) is 12.9. The van der Waals surface area contributed by atoms with Crippen LogP contribution in [0.1, 0.15) is 42.4 Å². The molecule has 8 aromatic rings. The summed E-state index contributed by atoms with van der Waals surface area (Å²) in [6, 6.07) is 30.0. The van der Waals surface area contributed by atoms with Crippen LogP contribution in [0.5, 0.6) is 0 Å². The quantitative estimate of drug-likeness (QED) is 0.183. The van der Waals surface area contributed by atoms with Gasteiger partial charge < -0.3 is 8.83 Å². The second-order valence-corrected chi connectivity index (χ2v) is 13.4. The molecule has 0 spiro atoms. The van der Waals surface area contributed by atoms with Crippen LogP contribution in [-0.4, -0.2) is 4.98 Å². The zero-order valence-corrected chi connectivity index (χ0v) is 26.7.